The first-order valence-electron chi connectivity index (χ1n) is 7.69. The first-order chi connectivity index (χ1) is 9.70. The fourth-order valence-corrected chi connectivity index (χ4v) is 3.14. The second kappa shape index (κ2) is 7.59. The van der Waals surface area contributed by atoms with Gasteiger partial charge in [-0.1, -0.05) is 6.42 Å². The van der Waals surface area contributed by atoms with Crippen molar-refractivity contribution >= 4 is 11.8 Å². The van der Waals surface area contributed by atoms with Crippen LogP contribution in [-0.2, 0) is 9.59 Å². The van der Waals surface area contributed by atoms with E-state index in [-0.39, 0.29) is 24.9 Å². The van der Waals surface area contributed by atoms with Crippen LogP contribution >= 0.6 is 0 Å². The molecule has 20 heavy (non-hydrogen) atoms. The molecular weight excluding hydrogens is 256 g/mol. The summed E-state index contributed by atoms with van der Waals surface area (Å²) in [7, 11) is 0. The molecule has 0 radical (unpaired) electrons. The van der Waals surface area contributed by atoms with Gasteiger partial charge >= 0.3 is 0 Å². The Bertz CT molecular complexity index is 342. The molecule has 2 amide bonds. The minimum Gasteiger partial charge on any atom is -0.346 e. The van der Waals surface area contributed by atoms with E-state index in [0.29, 0.717) is 6.04 Å². The molecule has 1 unspecified atom stereocenters. The van der Waals surface area contributed by atoms with Gasteiger partial charge in [-0.15, -0.1) is 0 Å². The summed E-state index contributed by atoms with van der Waals surface area (Å²) in [6.45, 7) is 4.12. The van der Waals surface area contributed by atoms with Gasteiger partial charge in [0.1, 0.15) is 0 Å². The third-order valence-corrected chi connectivity index (χ3v) is 4.24. The molecule has 2 aliphatic rings. The van der Waals surface area contributed by atoms with Crippen LogP contribution in [0, 0.1) is 0 Å². The van der Waals surface area contributed by atoms with Crippen LogP contribution in [0.1, 0.15) is 32.1 Å². The van der Waals surface area contributed by atoms with E-state index >= 15 is 0 Å². The third kappa shape index (κ3) is 4.18. The lowest BCUT2D eigenvalue weighted by Gasteiger charge is -2.33. The lowest BCUT2D eigenvalue weighted by atomic mass is 10.1. The van der Waals surface area contributed by atoms with E-state index < -0.39 is 0 Å². The van der Waals surface area contributed by atoms with Gasteiger partial charge in [0, 0.05) is 19.1 Å². The molecule has 2 saturated heterocycles. The molecule has 0 aromatic carbocycles. The number of carbonyl (C=O) groups excluding carboxylic acids is 2. The van der Waals surface area contributed by atoms with Crippen LogP contribution in [0.15, 0.2) is 0 Å². The largest absolute Gasteiger partial charge is 0.346 e. The Balaban J connectivity index is 1.79. The van der Waals surface area contributed by atoms with Crippen LogP contribution in [0.4, 0.5) is 0 Å². The van der Waals surface area contributed by atoms with Gasteiger partial charge in [-0.25, -0.2) is 0 Å². The van der Waals surface area contributed by atoms with Crippen molar-refractivity contribution < 1.29 is 9.59 Å². The number of hydrogen-bond acceptors (Lipinski definition) is 4. The summed E-state index contributed by atoms with van der Waals surface area (Å²) < 4.78 is 0. The second-order valence-corrected chi connectivity index (χ2v) is 5.73. The van der Waals surface area contributed by atoms with Gasteiger partial charge in [0.2, 0.25) is 11.8 Å². The van der Waals surface area contributed by atoms with Gasteiger partial charge in [0.15, 0.2) is 0 Å². The third-order valence-electron chi connectivity index (χ3n) is 4.24. The molecule has 0 aromatic rings. The highest BCUT2D eigenvalue weighted by molar-refractivity contribution is 5.85. The Kier molecular flexibility index (Phi) is 5.79. The summed E-state index contributed by atoms with van der Waals surface area (Å²) in [4.78, 5) is 27.7. The Morgan fingerprint density at radius 1 is 1.10 bits per heavy atom. The number of amides is 2. The maximum Gasteiger partial charge on any atom is 0.242 e. The number of nitrogens with one attached hydrogen (secondary N) is 1. The molecule has 2 rings (SSSR count). The topological polar surface area (TPSA) is 78.7 Å². The monoisotopic (exact) mass is 282 g/mol. The molecule has 0 spiro atoms. The summed E-state index contributed by atoms with van der Waals surface area (Å²) in [5.41, 5.74) is 5.22. The van der Waals surface area contributed by atoms with Crippen molar-refractivity contribution in [3.63, 3.8) is 0 Å². The van der Waals surface area contributed by atoms with Crippen LogP contribution < -0.4 is 11.1 Å². The zero-order chi connectivity index (χ0) is 14.4. The predicted octanol–water partition coefficient (Wildman–Crippen LogP) is -0.462. The molecular formula is C14H26N4O2. The van der Waals surface area contributed by atoms with Gasteiger partial charge in [-0.05, 0) is 38.8 Å². The molecule has 6 nitrogen and oxygen atoms in total. The molecule has 3 N–H and O–H groups in total. The van der Waals surface area contributed by atoms with Crippen LogP contribution in [0.3, 0.4) is 0 Å². The Hall–Kier alpha value is -1.14. The highest BCUT2D eigenvalue weighted by atomic mass is 16.2. The van der Waals surface area contributed by atoms with E-state index in [0.717, 1.165) is 39.0 Å². The molecule has 0 bridgehead atoms. The van der Waals surface area contributed by atoms with Gasteiger partial charge in [-0.2, -0.15) is 0 Å². The van der Waals surface area contributed by atoms with E-state index in [1.807, 2.05) is 4.90 Å². The molecule has 6 heteroatoms. The molecule has 114 valence electrons. The van der Waals surface area contributed by atoms with E-state index in [9.17, 15) is 9.59 Å². The molecule has 0 saturated carbocycles. The van der Waals surface area contributed by atoms with Crippen molar-refractivity contribution in [3.05, 3.63) is 0 Å². The Labute approximate surface area is 120 Å². The summed E-state index contributed by atoms with van der Waals surface area (Å²) in [5.74, 6) is -0.253. The molecule has 0 aliphatic carbocycles. The average molecular weight is 282 g/mol. The Morgan fingerprint density at radius 3 is 2.55 bits per heavy atom. The zero-order valence-corrected chi connectivity index (χ0v) is 12.1. The molecule has 1 atom stereocenters. The average Bonchev–Trinajstić information content (AvgIpc) is 2.93. The van der Waals surface area contributed by atoms with Crippen molar-refractivity contribution in [2.75, 3.05) is 39.3 Å². The molecule has 2 aliphatic heterocycles. The fourth-order valence-electron chi connectivity index (χ4n) is 3.14. The standard InChI is InChI=1S/C14H26N4O2/c15-9-13(19)16-10-14(20)18-8-4-5-12(18)11-17-6-2-1-3-7-17/h12H,1-11,15H2,(H,16,19). The van der Waals surface area contributed by atoms with Gasteiger partial charge in [0.25, 0.3) is 0 Å². The molecule has 0 aromatic heterocycles. The minimum atomic E-state index is -0.273. The van der Waals surface area contributed by atoms with E-state index in [4.69, 9.17) is 5.73 Å². The molecule has 2 heterocycles. The van der Waals surface area contributed by atoms with Gasteiger partial charge in [-0.3, -0.25) is 9.59 Å². The van der Waals surface area contributed by atoms with Crippen LogP contribution in [0.2, 0.25) is 0 Å². The van der Waals surface area contributed by atoms with Crippen molar-refractivity contribution in [1.82, 2.24) is 15.1 Å². The first kappa shape index (κ1) is 15.3. The van der Waals surface area contributed by atoms with Crippen LogP contribution in [0.25, 0.3) is 0 Å². The number of carbonyl (C=O) groups is 2. The van der Waals surface area contributed by atoms with E-state index in [1.54, 1.807) is 0 Å². The van der Waals surface area contributed by atoms with Crippen LogP contribution in [-0.4, -0.2) is 66.9 Å². The van der Waals surface area contributed by atoms with Crippen molar-refractivity contribution in [2.24, 2.45) is 5.73 Å². The smallest absolute Gasteiger partial charge is 0.242 e. The number of nitrogens with two attached hydrogens (primary N) is 1. The summed E-state index contributed by atoms with van der Waals surface area (Å²) in [6, 6.07) is 0.315. The maximum absolute atomic E-state index is 12.2. The number of piperidine rings is 1. The quantitative estimate of drug-likeness (QED) is 0.715. The second-order valence-electron chi connectivity index (χ2n) is 5.73. The predicted molar refractivity (Wildman–Crippen MR) is 77.1 cm³/mol. The highest BCUT2D eigenvalue weighted by Crippen LogP contribution is 2.20. The Morgan fingerprint density at radius 2 is 1.85 bits per heavy atom. The van der Waals surface area contributed by atoms with Crippen molar-refractivity contribution in [3.8, 4) is 0 Å². The summed E-state index contributed by atoms with van der Waals surface area (Å²) >= 11 is 0. The minimum absolute atomic E-state index is 0.0197. The van der Waals surface area contributed by atoms with E-state index in [2.05, 4.69) is 10.2 Å². The number of hydrogen-bond donors (Lipinski definition) is 2. The van der Waals surface area contributed by atoms with Gasteiger partial charge < -0.3 is 20.9 Å². The summed E-state index contributed by atoms with van der Waals surface area (Å²) in [5, 5.41) is 2.56. The normalized spacial score (nSPS) is 23.9. The summed E-state index contributed by atoms with van der Waals surface area (Å²) in [6.07, 6.45) is 6.01. The number of likely N-dealkylation sites (tertiary alicyclic amines) is 2. The van der Waals surface area contributed by atoms with Crippen molar-refractivity contribution in [1.29, 1.82) is 0 Å². The SMILES string of the molecule is NCC(=O)NCC(=O)N1CCCC1CN1CCCCC1. The highest BCUT2D eigenvalue weighted by Gasteiger charge is 2.30. The van der Waals surface area contributed by atoms with E-state index in [1.165, 1.54) is 19.3 Å². The first-order valence-corrected chi connectivity index (χ1v) is 7.69. The zero-order valence-electron chi connectivity index (χ0n) is 12.1. The van der Waals surface area contributed by atoms with Crippen LogP contribution in [0.5, 0.6) is 0 Å². The number of nitrogens with zero attached hydrogens (tertiary/aromatic N) is 2. The lowest BCUT2D eigenvalue weighted by Crippen LogP contribution is -2.48. The van der Waals surface area contributed by atoms with Crippen molar-refractivity contribution in [2.45, 2.75) is 38.1 Å². The fraction of sp³-hybridized carbons (Fsp3) is 0.857. The number of rotatable bonds is 5. The molecule has 2 fully saturated rings. The maximum atomic E-state index is 12.2. The van der Waals surface area contributed by atoms with Gasteiger partial charge in [0.05, 0.1) is 13.1 Å². The lowest BCUT2D eigenvalue weighted by molar-refractivity contribution is -0.133.